The molecule has 0 fully saturated rings. The zero-order valence-electron chi connectivity index (χ0n) is 9.95. The average molecular weight is 265 g/mol. The molecule has 0 bridgehead atoms. The number of carbonyl (C=O) groups excluding carboxylic acids is 2. The van der Waals surface area contributed by atoms with Crippen molar-refractivity contribution in [3.8, 4) is 0 Å². The molecule has 0 spiro atoms. The molecule has 1 unspecified atom stereocenters. The molecule has 6 N–H and O–H groups in total. The molecule has 9 nitrogen and oxygen atoms in total. The summed E-state index contributed by atoms with van der Waals surface area (Å²) in [5.41, 5.74) is 10.4. The number of ether oxygens (including phenoxy) is 1. The standard InChI is InChI=1S/C9H19N3O6/c10-7(3-4-8(11)13)9(14)17-5-1-2-6-18-12(15)16/h7,15-16H,1-6,10H2,(H2,11,13). The highest BCUT2D eigenvalue weighted by Crippen LogP contribution is 1.99. The van der Waals surface area contributed by atoms with Gasteiger partial charge in [0.2, 0.25) is 5.91 Å². The van der Waals surface area contributed by atoms with Crippen molar-refractivity contribution >= 4 is 11.9 Å². The van der Waals surface area contributed by atoms with Crippen LogP contribution in [-0.4, -0.2) is 46.9 Å². The molecule has 0 rings (SSSR count). The van der Waals surface area contributed by atoms with Gasteiger partial charge in [0, 0.05) is 6.42 Å². The fourth-order valence-electron chi connectivity index (χ4n) is 1.05. The molecule has 0 saturated carbocycles. The molecule has 0 aliphatic rings. The van der Waals surface area contributed by atoms with Crippen LogP contribution in [0.1, 0.15) is 25.7 Å². The summed E-state index contributed by atoms with van der Waals surface area (Å²) in [5, 5.41) is 16.0. The largest absolute Gasteiger partial charge is 0.465 e. The van der Waals surface area contributed by atoms with Crippen LogP contribution in [0.25, 0.3) is 0 Å². The molecular formula is C9H19N3O6. The molecule has 1 amide bonds. The third-order valence-corrected chi connectivity index (χ3v) is 1.99. The highest BCUT2D eigenvalue weighted by Gasteiger charge is 2.15. The Labute approximate surface area is 104 Å². The first-order chi connectivity index (χ1) is 8.43. The Morgan fingerprint density at radius 1 is 1.22 bits per heavy atom. The Hall–Kier alpha value is -1.26. The third-order valence-electron chi connectivity index (χ3n) is 1.99. The Morgan fingerprint density at radius 2 is 1.83 bits per heavy atom. The smallest absolute Gasteiger partial charge is 0.322 e. The van der Waals surface area contributed by atoms with Crippen LogP contribution in [0, 0.1) is 0 Å². The first-order valence-electron chi connectivity index (χ1n) is 5.44. The summed E-state index contributed by atoms with van der Waals surface area (Å²) in [6.07, 6.45) is 1.15. The number of rotatable bonds is 10. The highest BCUT2D eigenvalue weighted by molar-refractivity contribution is 5.78. The zero-order chi connectivity index (χ0) is 14.0. The van der Waals surface area contributed by atoms with Gasteiger partial charge in [0.25, 0.3) is 0 Å². The Kier molecular flexibility index (Phi) is 9.06. The van der Waals surface area contributed by atoms with Crippen LogP contribution in [0.5, 0.6) is 0 Å². The van der Waals surface area contributed by atoms with Crippen molar-refractivity contribution in [1.29, 1.82) is 0 Å². The predicted octanol–water partition coefficient (Wildman–Crippen LogP) is -1.09. The van der Waals surface area contributed by atoms with E-state index in [1.165, 1.54) is 0 Å². The van der Waals surface area contributed by atoms with E-state index in [1.54, 1.807) is 0 Å². The topological polar surface area (TPSA) is 148 Å². The van der Waals surface area contributed by atoms with E-state index in [-0.39, 0.29) is 31.4 Å². The van der Waals surface area contributed by atoms with Gasteiger partial charge < -0.3 is 16.2 Å². The molecule has 0 heterocycles. The van der Waals surface area contributed by atoms with Gasteiger partial charge in [0.1, 0.15) is 6.04 Å². The van der Waals surface area contributed by atoms with Crippen LogP contribution in [0.3, 0.4) is 0 Å². The number of amides is 1. The summed E-state index contributed by atoms with van der Waals surface area (Å²) in [5.74, 6) is -1.11. The molecule has 0 aliphatic heterocycles. The number of hydrogen-bond acceptors (Lipinski definition) is 8. The summed E-state index contributed by atoms with van der Waals surface area (Å²) in [6.45, 7) is 0.224. The summed E-state index contributed by atoms with van der Waals surface area (Å²) >= 11 is 0. The maximum absolute atomic E-state index is 11.3. The van der Waals surface area contributed by atoms with E-state index in [9.17, 15) is 9.59 Å². The minimum absolute atomic E-state index is 0.0347. The Bertz CT molecular complexity index is 261. The number of nitrogens with zero attached hydrogens (tertiary/aromatic N) is 1. The third kappa shape index (κ3) is 9.93. The van der Waals surface area contributed by atoms with E-state index in [0.717, 1.165) is 0 Å². The molecular weight excluding hydrogens is 246 g/mol. The molecule has 0 aliphatic carbocycles. The van der Waals surface area contributed by atoms with Gasteiger partial charge in [-0.25, -0.2) is 0 Å². The van der Waals surface area contributed by atoms with E-state index >= 15 is 0 Å². The van der Waals surface area contributed by atoms with E-state index in [0.29, 0.717) is 12.8 Å². The van der Waals surface area contributed by atoms with Crippen LogP contribution in [0.4, 0.5) is 0 Å². The lowest BCUT2D eigenvalue weighted by atomic mass is 10.1. The molecule has 0 aromatic carbocycles. The van der Waals surface area contributed by atoms with Crippen molar-refractivity contribution < 1.29 is 29.6 Å². The zero-order valence-corrected chi connectivity index (χ0v) is 9.95. The number of hydrogen-bond donors (Lipinski definition) is 4. The van der Waals surface area contributed by atoms with Crippen LogP contribution in [0.2, 0.25) is 0 Å². The normalized spacial score (nSPS) is 12.4. The van der Waals surface area contributed by atoms with Gasteiger partial charge in [0.05, 0.1) is 18.6 Å². The fourth-order valence-corrected chi connectivity index (χ4v) is 1.05. The molecule has 1 atom stereocenters. The molecule has 18 heavy (non-hydrogen) atoms. The van der Waals surface area contributed by atoms with Crippen molar-refractivity contribution in [1.82, 2.24) is 5.39 Å². The predicted molar refractivity (Wildman–Crippen MR) is 58.0 cm³/mol. The minimum atomic E-state index is -0.862. The lowest BCUT2D eigenvalue weighted by Crippen LogP contribution is -2.33. The van der Waals surface area contributed by atoms with Gasteiger partial charge in [-0.3, -0.25) is 24.8 Å². The highest BCUT2D eigenvalue weighted by atomic mass is 17.1. The lowest BCUT2D eigenvalue weighted by Gasteiger charge is -2.10. The fraction of sp³-hybridized carbons (Fsp3) is 0.778. The first-order valence-corrected chi connectivity index (χ1v) is 5.44. The molecule has 0 saturated heterocycles. The Balaban J connectivity index is 3.49. The number of unbranched alkanes of at least 4 members (excludes halogenated alkanes) is 1. The number of esters is 1. The number of primary amides is 1. The van der Waals surface area contributed by atoms with Crippen LogP contribution >= 0.6 is 0 Å². The summed E-state index contributed by atoms with van der Waals surface area (Å²) in [4.78, 5) is 26.0. The van der Waals surface area contributed by atoms with Crippen molar-refractivity contribution in [3.05, 3.63) is 0 Å². The summed E-state index contributed by atoms with van der Waals surface area (Å²) < 4.78 is 4.83. The van der Waals surface area contributed by atoms with Crippen molar-refractivity contribution in [2.45, 2.75) is 31.7 Å². The quantitative estimate of drug-likeness (QED) is 0.221. The van der Waals surface area contributed by atoms with Gasteiger partial charge in [0.15, 0.2) is 0 Å². The van der Waals surface area contributed by atoms with Crippen molar-refractivity contribution in [3.63, 3.8) is 0 Å². The SMILES string of the molecule is NC(=O)CCC(N)C(=O)OCCCCON(O)O. The van der Waals surface area contributed by atoms with Crippen molar-refractivity contribution in [2.24, 2.45) is 11.5 Å². The van der Waals surface area contributed by atoms with Gasteiger partial charge in [-0.1, -0.05) is 0 Å². The van der Waals surface area contributed by atoms with E-state index in [2.05, 4.69) is 4.84 Å². The molecule has 9 heteroatoms. The second kappa shape index (κ2) is 9.74. The lowest BCUT2D eigenvalue weighted by molar-refractivity contribution is -0.492. The maximum atomic E-state index is 11.3. The van der Waals surface area contributed by atoms with Gasteiger partial charge in [-0.2, -0.15) is 0 Å². The second-order valence-corrected chi connectivity index (χ2v) is 3.57. The van der Waals surface area contributed by atoms with Gasteiger partial charge in [-0.15, -0.1) is 0 Å². The summed E-state index contributed by atoms with van der Waals surface area (Å²) in [6, 6.07) is -0.862. The van der Waals surface area contributed by atoms with Crippen LogP contribution in [0.15, 0.2) is 0 Å². The number of carbonyl (C=O) groups is 2. The monoisotopic (exact) mass is 265 g/mol. The van der Waals surface area contributed by atoms with Gasteiger partial charge >= 0.3 is 5.97 Å². The number of nitrogens with two attached hydrogens (primary N) is 2. The van der Waals surface area contributed by atoms with E-state index in [1.807, 2.05) is 0 Å². The molecule has 106 valence electrons. The van der Waals surface area contributed by atoms with Crippen LogP contribution < -0.4 is 11.5 Å². The second-order valence-electron chi connectivity index (χ2n) is 3.57. The average Bonchev–Trinajstić information content (AvgIpc) is 2.29. The van der Waals surface area contributed by atoms with Gasteiger partial charge in [-0.05, 0) is 19.3 Å². The van der Waals surface area contributed by atoms with Crippen LogP contribution in [-0.2, 0) is 19.2 Å². The first kappa shape index (κ1) is 16.7. The van der Waals surface area contributed by atoms with Crippen molar-refractivity contribution in [2.75, 3.05) is 13.2 Å². The summed E-state index contributed by atoms with van der Waals surface area (Å²) in [7, 11) is 0. The molecule has 0 radical (unpaired) electrons. The molecule has 0 aromatic rings. The van der Waals surface area contributed by atoms with E-state index < -0.39 is 17.9 Å². The minimum Gasteiger partial charge on any atom is -0.465 e. The Morgan fingerprint density at radius 3 is 2.39 bits per heavy atom. The maximum Gasteiger partial charge on any atom is 0.322 e. The van der Waals surface area contributed by atoms with E-state index in [4.69, 9.17) is 26.6 Å². The molecule has 0 aromatic heterocycles.